The molecule has 4 nitrogen and oxygen atoms in total. The zero-order valence-corrected chi connectivity index (χ0v) is 9.21. The van der Waals surface area contributed by atoms with Crippen molar-refractivity contribution in [3.63, 3.8) is 0 Å². The zero-order valence-electron chi connectivity index (χ0n) is 9.21. The van der Waals surface area contributed by atoms with Crippen LogP contribution in [0.15, 0.2) is 4.52 Å². The number of hydrogen-bond donors (Lipinski definition) is 1. The maximum Gasteiger partial charge on any atom is 0.228 e. The number of nitrogens with one attached hydrogen (secondary N) is 1. The van der Waals surface area contributed by atoms with Gasteiger partial charge in [0.05, 0.1) is 0 Å². The fourth-order valence-electron chi connectivity index (χ4n) is 1.17. The molecule has 0 saturated heterocycles. The van der Waals surface area contributed by atoms with Gasteiger partial charge in [-0.05, 0) is 20.4 Å². The SMILES string of the molecule is CCCCc1noc(CC(C)NC)n1. The number of hydrogen-bond acceptors (Lipinski definition) is 4. The second-order valence-electron chi connectivity index (χ2n) is 3.60. The molecule has 1 unspecified atom stereocenters. The molecule has 0 bridgehead atoms. The van der Waals surface area contributed by atoms with Crippen molar-refractivity contribution in [2.45, 2.75) is 45.6 Å². The average Bonchev–Trinajstić information content (AvgIpc) is 2.62. The van der Waals surface area contributed by atoms with Gasteiger partial charge in [-0.3, -0.25) is 0 Å². The minimum atomic E-state index is 0.384. The summed E-state index contributed by atoms with van der Waals surface area (Å²) in [5.74, 6) is 1.57. The molecule has 14 heavy (non-hydrogen) atoms. The molecular formula is C10H19N3O. The molecular weight excluding hydrogens is 178 g/mol. The Labute approximate surface area is 85.1 Å². The summed E-state index contributed by atoms with van der Waals surface area (Å²) in [6.07, 6.45) is 4.01. The third-order valence-corrected chi connectivity index (χ3v) is 2.24. The maximum atomic E-state index is 5.13. The van der Waals surface area contributed by atoms with Crippen LogP contribution >= 0.6 is 0 Å². The largest absolute Gasteiger partial charge is 0.339 e. The van der Waals surface area contributed by atoms with Crippen LogP contribution in [-0.2, 0) is 12.8 Å². The first-order valence-corrected chi connectivity index (χ1v) is 5.25. The van der Waals surface area contributed by atoms with E-state index in [2.05, 4.69) is 29.3 Å². The van der Waals surface area contributed by atoms with Gasteiger partial charge in [0.2, 0.25) is 5.89 Å². The predicted octanol–water partition coefficient (Wildman–Crippen LogP) is 1.56. The van der Waals surface area contributed by atoms with E-state index in [4.69, 9.17) is 4.52 Å². The number of likely N-dealkylation sites (N-methyl/N-ethyl adjacent to an activating group) is 1. The van der Waals surface area contributed by atoms with Gasteiger partial charge >= 0.3 is 0 Å². The molecule has 0 amide bonds. The van der Waals surface area contributed by atoms with Crippen LogP contribution in [0.3, 0.4) is 0 Å². The molecule has 1 N–H and O–H groups in total. The maximum absolute atomic E-state index is 5.13. The summed E-state index contributed by atoms with van der Waals surface area (Å²) >= 11 is 0. The van der Waals surface area contributed by atoms with E-state index in [0.29, 0.717) is 6.04 Å². The molecule has 0 radical (unpaired) electrons. The molecule has 0 aliphatic rings. The molecule has 1 aromatic heterocycles. The lowest BCUT2D eigenvalue weighted by atomic mass is 10.2. The highest BCUT2D eigenvalue weighted by atomic mass is 16.5. The molecule has 0 saturated carbocycles. The highest BCUT2D eigenvalue weighted by Gasteiger charge is 2.08. The summed E-state index contributed by atoms with van der Waals surface area (Å²) < 4.78 is 5.13. The second-order valence-corrected chi connectivity index (χ2v) is 3.60. The van der Waals surface area contributed by atoms with E-state index in [1.54, 1.807) is 0 Å². The van der Waals surface area contributed by atoms with Gasteiger partial charge in [0, 0.05) is 18.9 Å². The van der Waals surface area contributed by atoms with E-state index in [1.165, 1.54) is 0 Å². The van der Waals surface area contributed by atoms with Gasteiger partial charge < -0.3 is 9.84 Å². The van der Waals surface area contributed by atoms with E-state index in [9.17, 15) is 0 Å². The summed E-state index contributed by atoms with van der Waals surface area (Å²) in [6, 6.07) is 0.384. The fraction of sp³-hybridized carbons (Fsp3) is 0.800. The van der Waals surface area contributed by atoms with Crippen molar-refractivity contribution in [3.05, 3.63) is 11.7 Å². The lowest BCUT2D eigenvalue weighted by Gasteiger charge is -2.04. The van der Waals surface area contributed by atoms with E-state index < -0.39 is 0 Å². The van der Waals surface area contributed by atoms with Crippen LogP contribution in [0.2, 0.25) is 0 Å². The normalized spacial score (nSPS) is 13.1. The van der Waals surface area contributed by atoms with Crippen LogP contribution < -0.4 is 5.32 Å². The first-order chi connectivity index (χ1) is 6.76. The molecule has 0 spiro atoms. The highest BCUT2D eigenvalue weighted by molar-refractivity contribution is 4.88. The smallest absolute Gasteiger partial charge is 0.228 e. The van der Waals surface area contributed by atoms with Crippen molar-refractivity contribution in [3.8, 4) is 0 Å². The molecule has 1 aromatic rings. The Morgan fingerprint density at radius 2 is 2.29 bits per heavy atom. The minimum Gasteiger partial charge on any atom is -0.339 e. The van der Waals surface area contributed by atoms with Crippen molar-refractivity contribution in [1.82, 2.24) is 15.5 Å². The Bertz CT molecular complexity index is 260. The quantitative estimate of drug-likeness (QED) is 0.752. The number of unbranched alkanes of at least 4 members (excludes halogenated alkanes) is 1. The molecule has 0 fully saturated rings. The van der Waals surface area contributed by atoms with Gasteiger partial charge in [-0.1, -0.05) is 18.5 Å². The van der Waals surface area contributed by atoms with E-state index in [0.717, 1.165) is 37.4 Å². The van der Waals surface area contributed by atoms with Crippen LogP contribution in [0.4, 0.5) is 0 Å². The average molecular weight is 197 g/mol. The summed E-state index contributed by atoms with van der Waals surface area (Å²) in [5.41, 5.74) is 0. The fourth-order valence-corrected chi connectivity index (χ4v) is 1.17. The van der Waals surface area contributed by atoms with E-state index >= 15 is 0 Å². The Balaban J connectivity index is 2.42. The number of rotatable bonds is 6. The number of nitrogens with zero attached hydrogens (tertiary/aromatic N) is 2. The van der Waals surface area contributed by atoms with Gasteiger partial charge in [-0.2, -0.15) is 4.98 Å². The Kier molecular flexibility index (Phi) is 4.59. The van der Waals surface area contributed by atoms with Crippen molar-refractivity contribution in [1.29, 1.82) is 0 Å². The zero-order chi connectivity index (χ0) is 10.4. The van der Waals surface area contributed by atoms with Crippen LogP contribution in [0.25, 0.3) is 0 Å². The van der Waals surface area contributed by atoms with E-state index in [-0.39, 0.29) is 0 Å². The van der Waals surface area contributed by atoms with Crippen LogP contribution in [0.1, 0.15) is 38.4 Å². The summed E-state index contributed by atoms with van der Waals surface area (Å²) in [7, 11) is 1.93. The lowest BCUT2D eigenvalue weighted by molar-refractivity contribution is 0.360. The van der Waals surface area contributed by atoms with Crippen molar-refractivity contribution in [2.75, 3.05) is 7.05 Å². The van der Waals surface area contributed by atoms with Crippen LogP contribution in [0.5, 0.6) is 0 Å². The molecule has 0 aliphatic heterocycles. The number of aryl methyl sites for hydroxylation is 1. The molecule has 0 aromatic carbocycles. The molecule has 1 heterocycles. The molecule has 0 aliphatic carbocycles. The monoisotopic (exact) mass is 197 g/mol. The van der Waals surface area contributed by atoms with Crippen molar-refractivity contribution < 1.29 is 4.52 Å². The first kappa shape index (κ1) is 11.2. The summed E-state index contributed by atoms with van der Waals surface area (Å²) in [6.45, 7) is 4.25. The molecule has 4 heteroatoms. The van der Waals surface area contributed by atoms with Gasteiger partial charge in [0.1, 0.15) is 0 Å². The predicted molar refractivity (Wildman–Crippen MR) is 55.1 cm³/mol. The summed E-state index contributed by atoms with van der Waals surface area (Å²) in [5, 5.41) is 7.07. The lowest BCUT2D eigenvalue weighted by Crippen LogP contribution is -2.23. The Morgan fingerprint density at radius 3 is 2.93 bits per heavy atom. The topological polar surface area (TPSA) is 51.0 Å². The first-order valence-electron chi connectivity index (χ1n) is 5.25. The highest BCUT2D eigenvalue weighted by Crippen LogP contribution is 2.04. The van der Waals surface area contributed by atoms with Crippen LogP contribution in [0, 0.1) is 0 Å². The van der Waals surface area contributed by atoms with Crippen LogP contribution in [-0.4, -0.2) is 23.2 Å². The van der Waals surface area contributed by atoms with Crippen molar-refractivity contribution in [2.24, 2.45) is 0 Å². The van der Waals surface area contributed by atoms with Gasteiger partial charge in [0.25, 0.3) is 0 Å². The summed E-state index contributed by atoms with van der Waals surface area (Å²) in [4.78, 5) is 4.32. The Morgan fingerprint density at radius 1 is 1.50 bits per heavy atom. The molecule has 1 atom stereocenters. The third-order valence-electron chi connectivity index (χ3n) is 2.24. The van der Waals surface area contributed by atoms with Gasteiger partial charge in [-0.25, -0.2) is 0 Å². The molecule has 1 rings (SSSR count). The van der Waals surface area contributed by atoms with Gasteiger partial charge in [0.15, 0.2) is 5.82 Å². The minimum absolute atomic E-state index is 0.384. The number of aromatic nitrogens is 2. The van der Waals surface area contributed by atoms with Gasteiger partial charge in [-0.15, -0.1) is 0 Å². The molecule has 80 valence electrons. The van der Waals surface area contributed by atoms with Crippen molar-refractivity contribution >= 4 is 0 Å². The second kappa shape index (κ2) is 5.75. The Hall–Kier alpha value is -0.900. The van der Waals surface area contributed by atoms with E-state index in [1.807, 2.05) is 7.05 Å². The third kappa shape index (κ3) is 3.46. The standard InChI is InChI=1S/C10H19N3O/c1-4-5-6-9-12-10(14-13-9)7-8(2)11-3/h8,11H,4-7H2,1-3H3.